The summed E-state index contributed by atoms with van der Waals surface area (Å²) in [4.78, 5) is 2.62. The standard InChI is InChI=1S/C13H27N3O7/c14-16-15-1-2-18-3-4-19-5-6-20-7-8-21-9-10-22-11-12-23-13-17/h17H,1-13H2. The molecule has 0 unspecified atom stereocenters. The molecule has 0 fully saturated rings. The second kappa shape index (κ2) is 21.0. The van der Waals surface area contributed by atoms with Gasteiger partial charge in [0.2, 0.25) is 0 Å². The zero-order valence-corrected chi connectivity index (χ0v) is 13.4. The first-order valence-electron chi connectivity index (χ1n) is 7.50. The van der Waals surface area contributed by atoms with Gasteiger partial charge in [0, 0.05) is 11.5 Å². The summed E-state index contributed by atoms with van der Waals surface area (Å²) in [6, 6.07) is 0. The van der Waals surface area contributed by atoms with Crippen LogP contribution in [0, 0.1) is 0 Å². The number of rotatable bonds is 19. The van der Waals surface area contributed by atoms with Gasteiger partial charge in [-0.05, 0) is 5.53 Å². The molecule has 0 atom stereocenters. The van der Waals surface area contributed by atoms with Crippen LogP contribution in [0.25, 0.3) is 10.4 Å². The molecule has 0 bridgehead atoms. The average Bonchev–Trinajstić information content (AvgIpc) is 2.57. The van der Waals surface area contributed by atoms with Crippen LogP contribution in [0.15, 0.2) is 5.11 Å². The van der Waals surface area contributed by atoms with Crippen molar-refractivity contribution in [2.75, 3.05) is 86.0 Å². The second-order valence-electron chi connectivity index (χ2n) is 4.05. The van der Waals surface area contributed by atoms with Crippen LogP contribution >= 0.6 is 0 Å². The fraction of sp³-hybridized carbons (Fsp3) is 1.00. The third-order valence-electron chi connectivity index (χ3n) is 2.35. The molecule has 0 aromatic heterocycles. The van der Waals surface area contributed by atoms with Gasteiger partial charge in [-0.25, -0.2) is 0 Å². The van der Waals surface area contributed by atoms with E-state index in [1.54, 1.807) is 0 Å². The Morgan fingerprint density at radius 3 is 1.30 bits per heavy atom. The molecule has 0 radical (unpaired) electrons. The van der Waals surface area contributed by atoms with Gasteiger partial charge in [0.15, 0.2) is 0 Å². The maximum Gasteiger partial charge on any atom is 0.143 e. The van der Waals surface area contributed by atoms with Crippen molar-refractivity contribution in [2.24, 2.45) is 5.11 Å². The Morgan fingerprint density at radius 2 is 0.957 bits per heavy atom. The maximum atomic E-state index is 8.36. The van der Waals surface area contributed by atoms with Crippen LogP contribution in [0.3, 0.4) is 0 Å². The molecule has 1 N–H and O–H groups in total. The van der Waals surface area contributed by atoms with Crippen LogP contribution in [-0.4, -0.2) is 91.1 Å². The largest absolute Gasteiger partial charge is 0.379 e. The lowest BCUT2D eigenvalue weighted by atomic mass is 10.6. The lowest BCUT2D eigenvalue weighted by Crippen LogP contribution is -2.14. The molecule has 0 aliphatic carbocycles. The number of hydrogen-bond acceptors (Lipinski definition) is 8. The summed E-state index contributed by atoms with van der Waals surface area (Å²) in [5, 5.41) is 11.7. The van der Waals surface area contributed by atoms with E-state index in [-0.39, 0.29) is 6.79 Å². The van der Waals surface area contributed by atoms with Crippen molar-refractivity contribution in [3.8, 4) is 0 Å². The molecule has 10 nitrogen and oxygen atoms in total. The van der Waals surface area contributed by atoms with Gasteiger partial charge in [-0.15, -0.1) is 0 Å². The topological polar surface area (TPSA) is 124 Å². The quantitative estimate of drug-likeness (QED) is 0.118. The van der Waals surface area contributed by atoms with Gasteiger partial charge in [0.25, 0.3) is 0 Å². The third kappa shape index (κ3) is 21.0. The first kappa shape index (κ1) is 22.0. The fourth-order valence-electron chi connectivity index (χ4n) is 1.31. The maximum absolute atomic E-state index is 8.36. The summed E-state index contributed by atoms with van der Waals surface area (Å²) in [6.45, 7) is 5.17. The van der Waals surface area contributed by atoms with E-state index in [4.69, 9.17) is 39.1 Å². The average molecular weight is 337 g/mol. The summed E-state index contributed by atoms with van der Waals surface area (Å²) in [7, 11) is 0. The highest BCUT2D eigenvalue weighted by atomic mass is 16.6. The van der Waals surface area contributed by atoms with Crippen molar-refractivity contribution in [1.82, 2.24) is 0 Å². The molecule has 0 aliphatic rings. The Balaban J connectivity index is 2.96. The predicted molar refractivity (Wildman–Crippen MR) is 81.1 cm³/mol. The van der Waals surface area contributed by atoms with Crippen LogP contribution in [0.2, 0.25) is 0 Å². The molecule has 0 rings (SSSR count). The Hall–Kier alpha value is -0.970. The smallest absolute Gasteiger partial charge is 0.143 e. The van der Waals surface area contributed by atoms with Crippen LogP contribution in [-0.2, 0) is 28.4 Å². The van der Waals surface area contributed by atoms with E-state index in [1.807, 2.05) is 0 Å². The Morgan fingerprint density at radius 1 is 0.609 bits per heavy atom. The minimum atomic E-state index is -0.286. The lowest BCUT2D eigenvalue weighted by Gasteiger charge is -2.07. The molecule has 136 valence electrons. The van der Waals surface area contributed by atoms with Crippen LogP contribution in [0.5, 0.6) is 0 Å². The number of hydrogen-bond donors (Lipinski definition) is 1. The molecule has 0 aromatic rings. The first-order chi connectivity index (χ1) is 11.4. The highest BCUT2D eigenvalue weighted by Gasteiger charge is 1.93. The molecule has 0 spiro atoms. The van der Waals surface area contributed by atoms with Gasteiger partial charge < -0.3 is 33.5 Å². The molecule has 0 saturated heterocycles. The van der Waals surface area contributed by atoms with Gasteiger partial charge in [-0.1, -0.05) is 5.11 Å². The summed E-state index contributed by atoms with van der Waals surface area (Å²) >= 11 is 0. The van der Waals surface area contributed by atoms with Gasteiger partial charge in [-0.2, -0.15) is 0 Å². The van der Waals surface area contributed by atoms with Crippen molar-refractivity contribution in [1.29, 1.82) is 0 Å². The van der Waals surface area contributed by atoms with E-state index >= 15 is 0 Å². The van der Waals surface area contributed by atoms with Gasteiger partial charge in [0.05, 0.1) is 72.7 Å². The summed E-state index contributed by atoms with van der Waals surface area (Å²) < 4.78 is 31.0. The molecule has 0 aromatic carbocycles. The fourth-order valence-corrected chi connectivity index (χ4v) is 1.31. The van der Waals surface area contributed by atoms with Gasteiger partial charge in [0.1, 0.15) is 6.79 Å². The Labute approximate surface area is 136 Å². The van der Waals surface area contributed by atoms with Crippen molar-refractivity contribution in [3.05, 3.63) is 10.4 Å². The van der Waals surface area contributed by atoms with E-state index in [0.717, 1.165) is 0 Å². The second-order valence-corrected chi connectivity index (χ2v) is 4.05. The van der Waals surface area contributed by atoms with Crippen molar-refractivity contribution in [2.45, 2.75) is 0 Å². The van der Waals surface area contributed by atoms with E-state index in [1.165, 1.54) is 0 Å². The zero-order valence-electron chi connectivity index (χ0n) is 13.4. The van der Waals surface area contributed by atoms with Crippen molar-refractivity contribution >= 4 is 0 Å². The monoisotopic (exact) mass is 337 g/mol. The Bertz CT molecular complexity index is 278. The normalized spacial score (nSPS) is 10.7. The third-order valence-corrected chi connectivity index (χ3v) is 2.35. The van der Waals surface area contributed by atoms with Crippen molar-refractivity contribution < 1.29 is 33.5 Å². The molecule has 10 heteroatoms. The molecular weight excluding hydrogens is 310 g/mol. The summed E-state index contributed by atoms with van der Waals surface area (Å²) in [5.74, 6) is 0. The zero-order chi connectivity index (χ0) is 16.8. The number of ether oxygens (including phenoxy) is 6. The molecule has 0 saturated carbocycles. The van der Waals surface area contributed by atoms with Gasteiger partial charge >= 0.3 is 0 Å². The van der Waals surface area contributed by atoms with E-state index in [9.17, 15) is 0 Å². The minimum absolute atomic E-state index is 0.286. The number of aliphatic hydroxyl groups excluding tert-OH is 1. The van der Waals surface area contributed by atoms with E-state index in [2.05, 4.69) is 10.0 Å². The Kier molecular flexibility index (Phi) is 20.1. The number of nitrogens with zero attached hydrogens (tertiary/aromatic N) is 3. The van der Waals surface area contributed by atoms with E-state index in [0.29, 0.717) is 79.2 Å². The summed E-state index contributed by atoms with van der Waals surface area (Å²) in [6.07, 6.45) is 0. The summed E-state index contributed by atoms with van der Waals surface area (Å²) in [5.41, 5.74) is 8.05. The van der Waals surface area contributed by atoms with Crippen LogP contribution < -0.4 is 0 Å². The van der Waals surface area contributed by atoms with E-state index < -0.39 is 0 Å². The molecule has 23 heavy (non-hydrogen) atoms. The molecule has 0 aliphatic heterocycles. The van der Waals surface area contributed by atoms with Crippen LogP contribution in [0.1, 0.15) is 0 Å². The SMILES string of the molecule is [N-]=[N+]=NCCOCCOCCOCCOCCOCCOCO. The highest BCUT2D eigenvalue weighted by Crippen LogP contribution is 1.84. The van der Waals surface area contributed by atoms with Gasteiger partial charge in [-0.3, -0.25) is 0 Å². The highest BCUT2D eigenvalue weighted by molar-refractivity contribution is 4.44. The molecular formula is C13H27N3O7. The number of aliphatic hydroxyl groups is 1. The predicted octanol–water partition coefficient (Wildman–Crippen LogP) is 0.346. The minimum Gasteiger partial charge on any atom is -0.379 e. The first-order valence-corrected chi connectivity index (χ1v) is 7.50. The number of azide groups is 1. The lowest BCUT2D eigenvalue weighted by molar-refractivity contribution is -0.0412. The molecule has 0 heterocycles. The van der Waals surface area contributed by atoms with Crippen LogP contribution in [0.4, 0.5) is 0 Å². The molecule has 0 amide bonds. The van der Waals surface area contributed by atoms with Crippen molar-refractivity contribution in [3.63, 3.8) is 0 Å².